The second-order valence-corrected chi connectivity index (χ2v) is 6.30. The van der Waals surface area contributed by atoms with Crippen molar-refractivity contribution in [2.24, 2.45) is 5.73 Å². The zero-order chi connectivity index (χ0) is 21.1. The monoisotopic (exact) mass is 471 g/mol. The third-order valence-corrected chi connectivity index (χ3v) is 3.96. The van der Waals surface area contributed by atoms with E-state index in [1.165, 1.54) is 32.0 Å². The summed E-state index contributed by atoms with van der Waals surface area (Å²) in [6.45, 7) is 3.72. The van der Waals surface area contributed by atoms with Crippen molar-refractivity contribution in [2.45, 2.75) is 67.0 Å². The van der Waals surface area contributed by atoms with Crippen molar-refractivity contribution in [1.82, 2.24) is 10.6 Å². The van der Waals surface area contributed by atoms with Crippen molar-refractivity contribution in [3.63, 3.8) is 0 Å². The highest BCUT2D eigenvalue weighted by atomic mass is 32.1. The van der Waals surface area contributed by atoms with Crippen LogP contribution in [0.3, 0.4) is 0 Å². The number of ether oxygens (including phenoxy) is 1. The van der Waals surface area contributed by atoms with Crippen molar-refractivity contribution in [3.05, 3.63) is 39.4 Å². The molecule has 0 aliphatic rings. The lowest BCUT2D eigenvalue weighted by Crippen LogP contribution is -2.23. The van der Waals surface area contributed by atoms with Gasteiger partial charge in [0.2, 0.25) is 11.8 Å². The summed E-state index contributed by atoms with van der Waals surface area (Å²) in [4.78, 5) is 44.2. The number of nitrogens with two attached hydrogens (primary N) is 1. The molecule has 0 saturated heterocycles. The molecule has 0 spiro atoms. The van der Waals surface area contributed by atoms with Gasteiger partial charge < -0.3 is 21.1 Å². The molecule has 1 atom stereocenters. The number of primary amides is 1. The second-order valence-electron chi connectivity index (χ2n) is 6.30. The molecule has 0 aliphatic heterocycles. The Hall–Kier alpha value is -2.76. The fourth-order valence-corrected chi connectivity index (χ4v) is 2.58. The van der Waals surface area contributed by atoms with Crippen LogP contribution in [0.15, 0.2) is 18.2 Å². The van der Waals surface area contributed by atoms with Gasteiger partial charge in [-0.3, -0.25) is 19.7 Å². The summed E-state index contributed by atoms with van der Waals surface area (Å²) in [6.07, 6.45) is 0.742. The van der Waals surface area contributed by atoms with E-state index in [0.717, 1.165) is 12.8 Å². The number of carbonyl (C=O) groups is 3. The fraction of sp³-hybridized carbons (Fsp3) is 0.550. The Morgan fingerprint density at radius 1 is 1.16 bits per heavy atom. The first-order chi connectivity index (χ1) is 13.2. The van der Waals surface area contributed by atoms with Crippen LogP contribution in [0.1, 0.15) is 71.6 Å². The van der Waals surface area contributed by atoms with Gasteiger partial charge in [0.05, 0.1) is 10.5 Å². The van der Waals surface area contributed by atoms with Crippen LogP contribution < -0.4 is 16.4 Å². The van der Waals surface area contributed by atoms with Gasteiger partial charge in [-0.15, -0.1) is 0 Å². The average molecular weight is 471 g/mol. The van der Waals surface area contributed by atoms with Gasteiger partial charge >= 0.3 is 6.09 Å². The zero-order valence-electron chi connectivity index (χ0n) is 17.1. The minimum Gasteiger partial charge on any atom is -0.442 e. The van der Waals surface area contributed by atoms with Crippen molar-refractivity contribution >= 4 is 45.5 Å². The highest BCUT2D eigenvalue weighted by Crippen LogP contribution is 2.28. The molecule has 0 saturated carbocycles. The lowest BCUT2D eigenvalue weighted by molar-refractivity contribution is -0.386. The van der Waals surface area contributed by atoms with Crippen molar-refractivity contribution in [3.8, 4) is 0 Å². The van der Waals surface area contributed by atoms with Gasteiger partial charge in [0, 0.05) is 40.9 Å². The molecule has 3 amide bonds. The smallest absolute Gasteiger partial charge is 0.405 e. The van der Waals surface area contributed by atoms with Gasteiger partial charge in [-0.25, -0.2) is 4.79 Å². The lowest BCUT2D eigenvalue weighted by Gasteiger charge is -2.14. The predicted molar refractivity (Wildman–Crippen MR) is 131 cm³/mol. The number of amides is 3. The first-order valence-corrected chi connectivity index (χ1v) is 8.95. The maximum absolute atomic E-state index is 11.9. The van der Waals surface area contributed by atoms with Gasteiger partial charge in [-0.05, 0) is 31.4 Å². The number of rotatable bonds is 11. The molecular formula is C20H36BN4O6S. The molecule has 10 nitrogen and oxygen atoms in total. The quantitative estimate of drug-likeness (QED) is 0.195. The largest absolute Gasteiger partial charge is 0.442 e. The van der Waals surface area contributed by atoms with Gasteiger partial charge in [0.1, 0.15) is 6.10 Å². The van der Waals surface area contributed by atoms with E-state index in [-0.39, 0.29) is 66.4 Å². The van der Waals surface area contributed by atoms with E-state index < -0.39 is 17.1 Å². The SMILES string of the molecule is C.C.CC(=O)NCCCCCC(=O)NCc1ccc([N+](=O)[O-])c(C(C)OC(N)=O)c1.S.[B]. The molecule has 0 fully saturated rings. The minimum atomic E-state index is -1.03. The molecule has 1 rings (SSSR count). The Morgan fingerprint density at radius 2 is 1.78 bits per heavy atom. The maximum Gasteiger partial charge on any atom is 0.405 e. The number of hydrogen-bond donors (Lipinski definition) is 3. The number of carbonyl (C=O) groups excluding carboxylic acids is 3. The van der Waals surface area contributed by atoms with E-state index in [9.17, 15) is 24.5 Å². The number of nitro benzene ring substituents is 1. The Balaban J connectivity index is -0.000000980. The predicted octanol–water partition coefficient (Wildman–Crippen LogP) is 3.07. The molecule has 1 unspecified atom stereocenters. The van der Waals surface area contributed by atoms with Crippen LogP contribution in [0, 0.1) is 10.1 Å². The molecule has 0 aliphatic carbocycles. The number of nitrogens with zero attached hydrogens (tertiary/aromatic N) is 1. The maximum atomic E-state index is 11.9. The summed E-state index contributed by atoms with van der Waals surface area (Å²) in [7, 11) is 0. The van der Waals surface area contributed by atoms with E-state index >= 15 is 0 Å². The Morgan fingerprint density at radius 3 is 2.31 bits per heavy atom. The Labute approximate surface area is 199 Å². The Bertz CT molecular complexity index is 736. The highest BCUT2D eigenvalue weighted by molar-refractivity contribution is 7.59. The number of nitro groups is 1. The number of unbranched alkanes of at least 4 members (excludes halogenated alkanes) is 2. The van der Waals surface area contributed by atoms with Crippen molar-refractivity contribution < 1.29 is 24.0 Å². The highest BCUT2D eigenvalue weighted by Gasteiger charge is 2.21. The second kappa shape index (κ2) is 19.0. The molecule has 4 N–H and O–H groups in total. The lowest BCUT2D eigenvalue weighted by atomic mass is 10.0. The van der Waals surface area contributed by atoms with Gasteiger partial charge in [0.15, 0.2) is 0 Å². The molecule has 0 bridgehead atoms. The summed E-state index contributed by atoms with van der Waals surface area (Å²) in [6, 6.07) is 4.35. The van der Waals surface area contributed by atoms with Gasteiger partial charge in [0.25, 0.3) is 5.69 Å². The minimum absolute atomic E-state index is 0. The third kappa shape index (κ3) is 14.3. The van der Waals surface area contributed by atoms with Crippen LogP contribution in [0.5, 0.6) is 0 Å². The van der Waals surface area contributed by atoms with Crippen molar-refractivity contribution in [1.29, 1.82) is 0 Å². The molecule has 0 heterocycles. The first kappa shape index (κ1) is 36.6. The summed E-state index contributed by atoms with van der Waals surface area (Å²) in [5.41, 5.74) is 5.63. The molecule has 3 radical (unpaired) electrons. The number of benzene rings is 1. The van der Waals surface area contributed by atoms with Crippen molar-refractivity contribution in [2.75, 3.05) is 6.54 Å². The van der Waals surface area contributed by atoms with Crippen LogP contribution in [-0.2, 0) is 20.9 Å². The van der Waals surface area contributed by atoms with Crippen LogP contribution >= 0.6 is 13.5 Å². The normalized spacial score (nSPS) is 9.94. The van der Waals surface area contributed by atoms with Crippen LogP contribution in [0.2, 0.25) is 0 Å². The molecule has 12 heteroatoms. The average Bonchev–Trinajstić information content (AvgIpc) is 2.61. The summed E-state index contributed by atoms with van der Waals surface area (Å²) >= 11 is 0. The molecule has 0 aromatic heterocycles. The Kier molecular flexibility index (Phi) is 21.7. The molecule has 1 aromatic carbocycles. The molecule has 32 heavy (non-hydrogen) atoms. The summed E-state index contributed by atoms with van der Waals surface area (Å²) in [5.74, 6) is -0.211. The van der Waals surface area contributed by atoms with E-state index in [1.807, 2.05) is 0 Å². The van der Waals surface area contributed by atoms with Gasteiger partial charge in [-0.2, -0.15) is 13.5 Å². The van der Waals surface area contributed by atoms with Crippen LogP contribution in [-0.4, -0.2) is 37.8 Å². The van der Waals surface area contributed by atoms with E-state index in [4.69, 9.17) is 10.5 Å². The first-order valence-electron chi connectivity index (χ1n) is 8.95. The molecule has 1 aromatic rings. The fourth-order valence-electron chi connectivity index (χ4n) is 2.58. The molecule has 181 valence electrons. The van der Waals surface area contributed by atoms with Gasteiger partial charge in [-0.1, -0.05) is 27.3 Å². The van der Waals surface area contributed by atoms with E-state index in [0.29, 0.717) is 24.9 Å². The standard InChI is InChI=1S/C18H26N4O6.2CH4.B.H2S/c1-12(28-18(19)25)15-10-14(7-8-16(15)22(26)27)11-21-17(24)6-4-3-5-9-20-13(2)23;;;;/h7-8,10,12H,3-6,9,11H2,1-2H3,(H2,19,25)(H,20,23)(H,21,24);2*1H4;;1H2. The molecular weight excluding hydrogens is 435 g/mol. The topological polar surface area (TPSA) is 154 Å². The number of nitrogens with one attached hydrogen (secondary N) is 2. The van der Waals surface area contributed by atoms with E-state index in [2.05, 4.69) is 10.6 Å². The summed E-state index contributed by atoms with van der Waals surface area (Å²) < 4.78 is 4.83. The zero-order valence-corrected chi connectivity index (χ0v) is 18.1. The summed E-state index contributed by atoms with van der Waals surface area (Å²) in [5, 5.41) is 16.6. The van der Waals surface area contributed by atoms with Crippen LogP contribution in [0.4, 0.5) is 10.5 Å². The number of hydrogen-bond acceptors (Lipinski definition) is 6. The third-order valence-electron chi connectivity index (χ3n) is 3.96. The van der Waals surface area contributed by atoms with E-state index in [1.54, 1.807) is 0 Å². The van der Waals surface area contributed by atoms with Crippen LogP contribution in [0.25, 0.3) is 0 Å².